The molecule has 3 heterocycles. The van der Waals surface area contributed by atoms with Gasteiger partial charge in [-0.05, 0) is 38.5 Å². The molecule has 0 bridgehead atoms. The molecule has 27 heavy (non-hydrogen) atoms. The molecule has 0 N–H and O–H groups in total. The molecular weight excluding hydrogens is 346 g/mol. The van der Waals surface area contributed by atoms with E-state index in [9.17, 15) is 9.59 Å². The van der Waals surface area contributed by atoms with E-state index in [2.05, 4.69) is 5.16 Å². The maximum atomic E-state index is 12.6. The number of aromatic nitrogens is 1. The minimum atomic E-state index is -0.296. The summed E-state index contributed by atoms with van der Waals surface area (Å²) in [5.74, 6) is 1.56. The molecule has 4 rings (SSSR count). The normalized spacial score (nSPS) is 23.4. The van der Waals surface area contributed by atoms with Gasteiger partial charge in [-0.1, -0.05) is 11.6 Å². The minimum Gasteiger partial charge on any atom is -0.372 e. The van der Waals surface area contributed by atoms with Crippen LogP contribution < -0.4 is 0 Å². The summed E-state index contributed by atoms with van der Waals surface area (Å²) in [6, 6.07) is 1.81. The van der Waals surface area contributed by atoms with Crippen molar-refractivity contribution in [1.82, 2.24) is 15.0 Å². The van der Waals surface area contributed by atoms with Crippen LogP contribution in [0.4, 0.5) is 0 Å². The number of carbonyl (C=O) groups excluding carboxylic acids is 2. The number of aryl methyl sites for hydroxylation is 1. The highest BCUT2D eigenvalue weighted by molar-refractivity contribution is 5.78. The van der Waals surface area contributed by atoms with Crippen LogP contribution in [0.25, 0.3) is 0 Å². The standard InChI is InChI=1S/C20H29N3O4/c1-15-11-17(27-21-15)12-19(25)22-8-6-20(7-9-22)14-23(13-16-3-2-4-16)18(24)5-10-26-20/h11,16H,2-10,12-14H2,1H3. The summed E-state index contributed by atoms with van der Waals surface area (Å²) in [5.41, 5.74) is 0.494. The van der Waals surface area contributed by atoms with Gasteiger partial charge < -0.3 is 19.1 Å². The van der Waals surface area contributed by atoms with E-state index in [1.807, 2.05) is 22.8 Å². The summed E-state index contributed by atoms with van der Waals surface area (Å²) >= 11 is 0. The molecule has 7 heteroatoms. The summed E-state index contributed by atoms with van der Waals surface area (Å²) < 4.78 is 11.4. The summed E-state index contributed by atoms with van der Waals surface area (Å²) in [4.78, 5) is 28.9. The van der Waals surface area contributed by atoms with Gasteiger partial charge in [0.15, 0.2) is 0 Å². The number of likely N-dealkylation sites (tertiary alicyclic amines) is 1. The van der Waals surface area contributed by atoms with Crippen LogP contribution in [0.15, 0.2) is 10.6 Å². The molecule has 2 saturated heterocycles. The van der Waals surface area contributed by atoms with E-state index in [4.69, 9.17) is 9.26 Å². The first-order chi connectivity index (χ1) is 13.0. The number of ether oxygens (including phenoxy) is 1. The van der Waals surface area contributed by atoms with Gasteiger partial charge in [0.25, 0.3) is 0 Å². The van der Waals surface area contributed by atoms with Crippen LogP contribution in [0, 0.1) is 12.8 Å². The third-order valence-corrected chi connectivity index (χ3v) is 6.29. The van der Waals surface area contributed by atoms with Crippen molar-refractivity contribution < 1.29 is 18.8 Å². The van der Waals surface area contributed by atoms with Crippen LogP contribution in [0.5, 0.6) is 0 Å². The Bertz CT molecular complexity index is 689. The van der Waals surface area contributed by atoms with Crippen molar-refractivity contribution in [3.05, 3.63) is 17.5 Å². The fraction of sp³-hybridized carbons (Fsp3) is 0.750. The summed E-state index contributed by atoms with van der Waals surface area (Å²) in [6.45, 7) is 5.21. The molecule has 3 fully saturated rings. The van der Waals surface area contributed by atoms with Gasteiger partial charge in [0.05, 0.1) is 30.7 Å². The Morgan fingerprint density at radius 2 is 2.11 bits per heavy atom. The van der Waals surface area contributed by atoms with Gasteiger partial charge in [-0.3, -0.25) is 9.59 Å². The highest BCUT2D eigenvalue weighted by atomic mass is 16.5. The molecule has 3 aliphatic rings. The van der Waals surface area contributed by atoms with Crippen LogP contribution >= 0.6 is 0 Å². The van der Waals surface area contributed by atoms with E-state index in [0.717, 1.165) is 25.1 Å². The average Bonchev–Trinajstić information content (AvgIpc) is 2.95. The molecule has 0 aromatic carbocycles. The zero-order valence-electron chi connectivity index (χ0n) is 16.1. The van der Waals surface area contributed by atoms with Crippen molar-refractivity contribution in [2.45, 2.75) is 57.5 Å². The Balaban J connectivity index is 1.34. The molecule has 2 amide bonds. The van der Waals surface area contributed by atoms with E-state index in [-0.39, 0.29) is 23.8 Å². The van der Waals surface area contributed by atoms with E-state index in [1.165, 1.54) is 19.3 Å². The number of hydrogen-bond donors (Lipinski definition) is 0. The second-order valence-corrected chi connectivity index (χ2v) is 8.34. The first-order valence-electron chi connectivity index (χ1n) is 10.1. The minimum absolute atomic E-state index is 0.0667. The third kappa shape index (κ3) is 4.18. The maximum absolute atomic E-state index is 12.6. The number of nitrogens with zero attached hydrogens (tertiary/aromatic N) is 3. The van der Waals surface area contributed by atoms with Crippen molar-refractivity contribution in [2.24, 2.45) is 5.92 Å². The zero-order valence-corrected chi connectivity index (χ0v) is 16.1. The number of amides is 2. The summed E-state index contributed by atoms with van der Waals surface area (Å²) in [7, 11) is 0. The Labute approximate surface area is 160 Å². The van der Waals surface area contributed by atoms with Crippen molar-refractivity contribution in [3.63, 3.8) is 0 Å². The Morgan fingerprint density at radius 1 is 1.33 bits per heavy atom. The lowest BCUT2D eigenvalue weighted by Crippen LogP contribution is -2.54. The summed E-state index contributed by atoms with van der Waals surface area (Å²) in [5, 5.41) is 3.84. The van der Waals surface area contributed by atoms with E-state index < -0.39 is 0 Å². The molecule has 7 nitrogen and oxygen atoms in total. The first kappa shape index (κ1) is 18.5. The third-order valence-electron chi connectivity index (χ3n) is 6.29. The Morgan fingerprint density at radius 3 is 2.74 bits per heavy atom. The molecule has 2 aliphatic heterocycles. The topological polar surface area (TPSA) is 75.9 Å². The molecule has 1 aliphatic carbocycles. The van der Waals surface area contributed by atoms with Crippen LogP contribution in [0.1, 0.15) is 50.0 Å². The van der Waals surface area contributed by atoms with Gasteiger partial charge in [-0.25, -0.2) is 0 Å². The number of rotatable bonds is 4. The largest absolute Gasteiger partial charge is 0.372 e. The monoisotopic (exact) mass is 375 g/mol. The smallest absolute Gasteiger partial charge is 0.230 e. The van der Waals surface area contributed by atoms with Gasteiger partial charge in [0, 0.05) is 32.2 Å². The lowest BCUT2D eigenvalue weighted by molar-refractivity contribution is -0.140. The van der Waals surface area contributed by atoms with Gasteiger partial charge in [-0.15, -0.1) is 0 Å². The quantitative estimate of drug-likeness (QED) is 0.804. The van der Waals surface area contributed by atoms with E-state index >= 15 is 0 Å². The van der Waals surface area contributed by atoms with Crippen molar-refractivity contribution in [1.29, 1.82) is 0 Å². The van der Waals surface area contributed by atoms with Crippen molar-refractivity contribution >= 4 is 11.8 Å². The molecule has 0 atom stereocenters. The second kappa shape index (κ2) is 7.62. The SMILES string of the molecule is Cc1cc(CC(=O)N2CCC3(CC2)CN(CC2CCC2)C(=O)CCO3)on1. The van der Waals surface area contributed by atoms with Gasteiger partial charge >= 0.3 is 0 Å². The molecule has 0 unspecified atom stereocenters. The predicted octanol–water partition coefficient (Wildman–Crippen LogP) is 1.94. The van der Waals surface area contributed by atoms with E-state index in [1.54, 1.807) is 0 Å². The van der Waals surface area contributed by atoms with Crippen LogP contribution in [0.2, 0.25) is 0 Å². The van der Waals surface area contributed by atoms with Gasteiger partial charge in [0.2, 0.25) is 11.8 Å². The molecular formula is C20H29N3O4. The van der Waals surface area contributed by atoms with Crippen LogP contribution in [-0.2, 0) is 20.7 Å². The first-order valence-corrected chi connectivity index (χ1v) is 10.1. The Hall–Kier alpha value is -1.89. The summed E-state index contributed by atoms with van der Waals surface area (Å²) in [6.07, 6.45) is 6.05. The molecule has 1 aromatic heterocycles. The van der Waals surface area contributed by atoms with Crippen molar-refractivity contribution in [2.75, 3.05) is 32.8 Å². The number of piperidine rings is 1. The number of hydrogen-bond acceptors (Lipinski definition) is 5. The predicted molar refractivity (Wildman–Crippen MR) is 98.0 cm³/mol. The lowest BCUT2D eigenvalue weighted by atomic mass is 9.84. The Kier molecular flexibility index (Phi) is 5.21. The fourth-order valence-electron chi connectivity index (χ4n) is 4.37. The van der Waals surface area contributed by atoms with Gasteiger partial charge in [-0.2, -0.15) is 0 Å². The second-order valence-electron chi connectivity index (χ2n) is 8.34. The van der Waals surface area contributed by atoms with Gasteiger partial charge in [0.1, 0.15) is 5.76 Å². The molecule has 148 valence electrons. The zero-order chi connectivity index (χ0) is 18.9. The maximum Gasteiger partial charge on any atom is 0.230 e. The van der Waals surface area contributed by atoms with Crippen LogP contribution in [0.3, 0.4) is 0 Å². The lowest BCUT2D eigenvalue weighted by Gasteiger charge is -2.43. The van der Waals surface area contributed by atoms with Crippen molar-refractivity contribution in [3.8, 4) is 0 Å². The number of carbonyl (C=O) groups is 2. The van der Waals surface area contributed by atoms with Crippen LogP contribution in [-0.4, -0.2) is 65.2 Å². The highest BCUT2D eigenvalue weighted by Gasteiger charge is 2.41. The molecule has 1 saturated carbocycles. The fourth-order valence-corrected chi connectivity index (χ4v) is 4.37. The average molecular weight is 375 g/mol. The van der Waals surface area contributed by atoms with E-state index in [0.29, 0.717) is 44.3 Å². The highest BCUT2D eigenvalue weighted by Crippen LogP contribution is 2.33. The molecule has 1 spiro atoms. The molecule has 1 aromatic rings. The molecule has 0 radical (unpaired) electrons.